The van der Waals surface area contributed by atoms with Crippen LogP contribution in [0.3, 0.4) is 0 Å². The number of piperidine rings is 1. The molecule has 0 bridgehead atoms. The van der Waals surface area contributed by atoms with Crippen LogP contribution in [0, 0.1) is 0 Å². The smallest absolute Gasteiger partial charge is 0.335 e. The summed E-state index contributed by atoms with van der Waals surface area (Å²) < 4.78 is 0. The van der Waals surface area contributed by atoms with Gasteiger partial charge in [0.1, 0.15) is 0 Å². The van der Waals surface area contributed by atoms with E-state index in [4.69, 9.17) is 5.11 Å². The Bertz CT molecular complexity index is 614. The van der Waals surface area contributed by atoms with Gasteiger partial charge in [-0.15, -0.1) is 0 Å². The second-order valence-corrected chi connectivity index (χ2v) is 5.96. The van der Waals surface area contributed by atoms with Crippen molar-refractivity contribution in [2.75, 3.05) is 13.1 Å². The highest BCUT2D eigenvalue weighted by Gasteiger charge is 2.20. The molecule has 2 aromatic carbocycles. The molecule has 1 fully saturated rings. The summed E-state index contributed by atoms with van der Waals surface area (Å²) in [6, 6.07) is 18.0. The molecule has 2 aromatic rings. The third kappa shape index (κ3) is 3.55. The van der Waals surface area contributed by atoms with E-state index in [0.29, 0.717) is 11.5 Å². The molecule has 1 heterocycles. The SMILES string of the molecule is O=C(O)c1ccc(C2CCN(Cc3ccccc3)CC2)cc1. The van der Waals surface area contributed by atoms with Crippen LogP contribution in [0.5, 0.6) is 0 Å². The van der Waals surface area contributed by atoms with Crippen molar-refractivity contribution < 1.29 is 9.90 Å². The van der Waals surface area contributed by atoms with Gasteiger partial charge in [0.25, 0.3) is 0 Å². The van der Waals surface area contributed by atoms with Crippen molar-refractivity contribution in [3.05, 3.63) is 71.3 Å². The number of likely N-dealkylation sites (tertiary alicyclic amines) is 1. The van der Waals surface area contributed by atoms with Crippen LogP contribution in [0.4, 0.5) is 0 Å². The van der Waals surface area contributed by atoms with E-state index < -0.39 is 5.97 Å². The van der Waals surface area contributed by atoms with Gasteiger partial charge in [-0.25, -0.2) is 4.79 Å². The van der Waals surface area contributed by atoms with Crippen LogP contribution in [0.2, 0.25) is 0 Å². The largest absolute Gasteiger partial charge is 0.478 e. The predicted octanol–water partition coefficient (Wildman–Crippen LogP) is 3.76. The Balaban J connectivity index is 1.56. The molecule has 0 spiro atoms. The number of rotatable bonds is 4. The van der Waals surface area contributed by atoms with Gasteiger partial charge in [0.15, 0.2) is 0 Å². The van der Waals surface area contributed by atoms with E-state index >= 15 is 0 Å². The Labute approximate surface area is 131 Å². The third-order valence-electron chi connectivity index (χ3n) is 4.47. The number of carboxylic acid groups (broad SMARTS) is 1. The first-order chi connectivity index (χ1) is 10.7. The van der Waals surface area contributed by atoms with Crippen LogP contribution in [0.15, 0.2) is 54.6 Å². The van der Waals surface area contributed by atoms with Crippen molar-refractivity contribution in [3.8, 4) is 0 Å². The molecule has 3 nitrogen and oxygen atoms in total. The highest BCUT2D eigenvalue weighted by Crippen LogP contribution is 2.28. The van der Waals surface area contributed by atoms with Gasteiger partial charge in [0, 0.05) is 6.54 Å². The molecule has 0 radical (unpaired) electrons. The van der Waals surface area contributed by atoms with Gasteiger partial charge in [-0.2, -0.15) is 0 Å². The van der Waals surface area contributed by atoms with Gasteiger partial charge in [-0.05, 0) is 55.1 Å². The lowest BCUT2D eigenvalue weighted by atomic mass is 9.89. The molecule has 0 saturated carbocycles. The van der Waals surface area contributed by atoms with Gasteiger partial charge in [0.2, 0.25) is 0 Å². The molecule has 3 rings (SSSR count). The summed E-state index contributed by atoms with van der Waals surface area (Å²) in [4.78, 5) is 13.4. The van der Waals surface area contributed by atoms with Gasteiger partial charge >= 0.3 is 5.97 Å². The second-order valence-electron chi connectivity index (χ2n) is 5.96. The first-order valence-corrected chi connectivity index (χ1v) is 7.82. The molecule has 1 aliphatic heterocycles. The van der Waals surface area contributed by atoms with Crippen molar-refractivity contribution in [2.45, 2.75) is 25.3 Å². The fourth-order valence-corrected chi connectivity index (χ4v) is 3.16. The summed E-state index contributed by atoms with van der Waals surface area (Å²) in [5.74, 6) is -0.306. The zero-order valence-electron chi connectivity index (χ0n) is 12.6. The maximum absolute atomic E-state index is 10.9. The molecule has 0 aliphatic carbocycles. The van der Waals surface area contributed by atoms with Crippen LogP contribution in [-0.4, -0.2) is 29.1 Å². The lowest BCUT2D eigenvalue weighted by Gasteiger charge is -2.32. The van der Waals surface area contributed by atoms with E-state index in [1.54, 1.807) is 12.1 Å². The van der Waals surface area contributed by atoms with E-state index in [1.165, 1.54) is 11.1 Å². The summed E-state index contributed by atoms with van der Waals surface area (Å²) in [5.41, 5.74) is 3.00. The molecule has 0 aromatic heterocycles. The first-order valence-electron chi connectivity index (χ1n) is 7.82. The first kappa shape index (κ1) is 14.8. The van der Waals surface area contributed by atoms with Crippen molar-refractivity contribution in [1.29, 1.82) is 0 Å². The molecule has 0 atom stereocenters. The van der Waals surface area contributed by atoms with Gasteiger partial charge in [0.05, 0.1) is 5.56 Å². The Kier molecular flexibility index (Phi) is 4.54. The number of hydrogen-bond donors (Lipinski definition) is 1. The van der Waals surface area contributed by atoms with Crippen LogP contribution in [-0.2, 0) is 6.54 Å². The standard InChI is InChI=1S/C19H21NO2/c21-19(22)18-8-6-16(7-9-18)17-10-12-20(13-11-17)14-15-4-2-1-3-5-15/h1-9,17H,10-14H2,(H,21,22). The number of hydrogen-bond acceptors (Lipinski definition) is 2. The number of nitrogens with zero attached hydrogens (tertiary/aromatic N) is 1. The average molecular weight is 295 g/mol. The van der Waals surface area contributed by atoms with E-state index in [2.05, 4.69) is 35.2 Å². The number of benzene rings is 2. The van der Waals surface area contributed by atoms with Gasteiger partial charge in [-0.1, -0.05) is 42.5 Å². The van der Waals surface area contributed by atoms with Crippen LogP contribution < -0.4 is 0 Å². The summed E-state index contributed by atoms with van der Waals surface area (Å²) >= 11 is 0. The normalized spacial score (nSPS) is 16.5. The molecule has 1 aliphatic rings. The van der Waals surface area contributed by atoms with Crippen LogP contribution >= 0.6 is 0 Å². The fraction of sp³-hybridized carbons (Fsp3) is 0.316. The fourth-order valence-electron chi connectivity index (χ4n) is 3.16. The Morgan fingerprint density at radius 3 is 2.23 bits per heavy atom. The monoisotopic (exact) mass is 295 g/mol. The minimum absolute atomic E-state index is 0.366. The van der Waals surface area contributed by atoms with E-state index in [9.17, 15) is 4.79 Å². The molecular formula is C19H21NO2. The van der Waals surface area contributed by atoms with Crippen LogP contribution in [0.1, 0.15) is 40.2 Å². The molecule has 22 heavy (non-hydrogen) atoms. The zero-order chi connectivity index (χ0) is 15.4. The number of carbonyl (C=O) groups is 1. The number of carboxylic acids is 1. The van der Waals surface area contributed by atoms with E-state index in [0.717, 1.165) is 32.5 Å². The molecule has 114 valence electrons. The zero-order valence-corrected chi connectivity index (χ0v) is 12.6. The van der Waals surface area contributed by atoms with E-state index in [1.807, 2.05) is 12.1 Å². The summed E-state index contributed by atoms with van der Waals surface area (Å²) in [6.45, 7) is 3.21. The molecule has 1 saturated heterocycles. The highest BCUT2D eigenvalue weighted by atomic mass is 16.4. The van der Waals surface area contributed by atoms with Crippen molar-refractivity contribution >= 4 is 5.97 Å². The van der Waals surface area contributed by atoms with Crippen molar-refractivity contribution in [1.82, 2.24) is 4.90 Å². The summed E-state index contributed by atoms with van der Waals surface area (Å²) in [6.07, 6.45) is 2.28. The topological polar surface area (TPSA) is 40.5 Å². The van der Waals surface area contributed by atoms with Gasteiger partial charge < -0.3 is 5.11 Å². The average Bonchev–Trinajstić information content (AvgIpc) is 2.57. The van der Waals surface area contributed by atoms with Gasteiger partial charge in [-0.3, -0.25) is 4.90 Å². The summed E-state index contributed by atoms with van der Waals surface area (Å²) in [7, 11) is 0. The molecule has 0 unspecified atom stereocenters. The van der Waals surface area contributed by atoms with Crippen LogP contribution in [0.25, 0.3) is 0 Å². The maximum atomic E-state index is 10.9. The maximum Gasteiger partial charge on any atom is 0.335 e. The summed E-state index contributed by atoms with van der Waals surface area (Å²) in [5, 5.41) is 8.95. The minimum atomic E-state index is -0.857. The molecule has 0 amide bonds. The quantitative estimate of drug-likeness (QED) is 0.933. The molecule has 1 N–H and O–H groups in total. The molecule has 3 heteroatoms. The predicted molar refractivity (Wildman–Crippen MR) is 87.1 cm³/mol. The lowest BCUT2D eigenvalue weighted by molar-refractivity contribution is 0.0697. The minimum Gasteiger partial charge on any atom is -0.478 e. The van der Waals surface area contributed by atoms with E-state index in [-0.39, 0.29) is 0 Å². The lowest BCUT2D eigenvalue weighted by Crippen LogP contribution is -2.32. The van der Waals surface area contributed by atoms with Crippen molar-refractivity contribution in [3.63, 3.8) is 0 Å². The Morgan fingerprint density at radius 2 is 1.64 bits per heavy atom. The highest BCUT2D eigenvalue weighted by molar-refractivity contribution is 5.87. The second kappa shape index (κ2) is 6.75. The Morgan fingerprint density at radius 1 is 1.00 bits per heavy atom. The third-order valence-corrected chi connectivity index (χ3v) is 4.47. The van der Waals surface area contributed by atoms with Crippen molar-refractivity contribution in [2.24, 2.45) is 0 Å². The Hall–Kier alpha value is -2.13. The number of aromatic carboxylic acids is 1. The molecular weight excluding hydrogens is 274 g/mol.